The first-order valence-corrected chi connectivity index (χ1v) is 15.4. The van der Waals surface area contributed by atoms with Crippen LogP contribution in [0.2, 0.25) is 0 Å². The van der Waals surface area contributed by atoms with Crippen molar-refractivity contribution in [1.82, 2.24) is 0 Å². The molecule has 4 aromatic rings. The maximum absolute atomic E-state index is 12.5. The third kappa shape index (κ3) is 5.63. The summed E-state index contributed by atoms with van der Waals surface area (Å²) in [6, 6.07) is 14.1. The van der Waals surface area contributed by atoms with Crippen molar-refractivity contribution in [3.8, 4) is 0 Å². The fourth-order valence-corrected chi connectivity index (χ4v) is 6.23. The third-order valence-electron chi connectivity index (χ3n) is 5.80. The first kappa shape index (κ1) is 29.3. The van der Waals surface area contributed by atoms with Crippen molar-refractivity contribution in [2.75, 3.05) is 28.4 Å². The third-order valence-corrected chi connectivity index (χ3v) is 9.64. The zero-order valence-electron chi connectivity index (χ0n) is 21.5. The summed E-state index contributed by atoms with van der Waals surface area (Å²) in [5.74, 6) is 0. The Hall–Kier alpha value is -3.67. The van der Waals surface area contributed by atoms with Crippen LogP contribution in [0, 0.1) is 0 Å². The minimum Gasteiger partial charge on any atom is -0.270 e. The van der Waals surface area contributed by atoms with Crippen molar-refractivity contribution in [1.29, 1.82) is 0 Å². The molecular weight excluding hydrogens is 584 g/mol. The van der Waals surface area contributed by atoms with Crippen molar-refractivity contribution >= 4 is 69.0 Å². The molecule has 0 amide bonds. The van der Waals surface area contributed by atoms with E-state index in [4.69, 9.17) is 0 Å². The van der Waals surface area contributed by atoms with Crippen molar-refractivity contribution in [2.24, 2.45) is 20.5 Å². The van der Waals surface area contributed by atoms with E-state index in [0.717, 1.165) is 27.4 Å². The molecule has 0 spiro atoms. The summed E-state index contributed by atoms with van der Waals surface area (Å²) in [4.78, 5) is -0.870. The maximum Gasteiger partial charge on any atom is 0.297 e. The Morgan fingerprint density at radius 3 is 1.77 bits per heavy atom. The fourth-order valence-electron chi connectivity index (χ4n) is 3.84. The van der Waals surface area contributed by atoms with E-state index in [9.17, 15) is 25.3 Å². The van der Waals surface area contributed by atoms with Gasteiger partial charge in [0.2, 0.25) is 0 Å². The van der Waals surface area contributed by atoms with Crippen LogP contribution in [0.1, 0.15) is 0 Å². The van der Waals surface area contributed by atoms with Crippen LogP contribution in [0.3, 0.4) is 0 Å². The van der Waals surface area contributed by atoms with Gasteiger partial charge in [-0.1, -0.05) is 12.1 Å². The highest BCUT2D eigenvalue weighted by atomic mass is 32.2. The lowest BCUT2D eigenvalue weighted by atomic mass is 10.1. The second-order valence-corrected chi connectivity index (χ2v) is 13.1. The van der Waals surface area contributed by atoms with Gasteiger partial charge in [0.05, 0.1) is 48.2 Å². The molecule has 0 aliphatic rings. The summed E-state index contributed by atoms with van der Waals surface area (Å²) in [5, 5.41) is 17.7. The lowest BCUT2D eigenvalue weighted by molar-refractivity contribution is 0.395. The van der Waals surface area contributed by atoms with Crippen LogP contribution in [0.4, 0.5) is 17.1 Å². The molecule has 0 N–H and O–H groups in total. The van der Waals surface area contributed by atoms with Gasteiger partial charge in [0.15, 0.2) is 0 Å². The van der Waals surface area contributed by atoms with Gasteiger partial charge in [0.1, 0.15) is 4.90 Å². The Morgan fingerprint density at radius 1 is 0.550 bits per heavy atom. The normalized spacial score (nSPS) is 13.2. The number of rotatable bonds is 9. The van der Waals surface area contributed by atoms with E-state index in [1.54, 1.807) is 18.2 Å². The number of benzene rings is 4. The zero-order valence-corrected chi connectivity index (χ0v) is 23.9. The predicted molar refractivity (Wildman–Crippen MR) is 145 cm³/mol. The van der Waals surface area contributed by atoms with Gasteiger partial charge in [-0.2, -0.15) is 40.6 Å². The second-order valence-electron chi connectivity index (χ2n) is 8.00. The first-order valence-electron chi connectivity index (χ1n) is 11.1. The van der Waals surface area contributed by atoms with Crippen LogP contribution in [-0.4, -0.2) is 53.6 Å². The molecule has 0 fully saturated rings. The fraction of sp³-hybridized carbons (Fsp3) is 0.167. The summed E-state index contributed by atoms with van der Waals surface area (Å²) < 4.78 is 88.1. The average molecular weight is 607 g/mol. The van der Waals surface area contributed by atoms with Crippen molar-refractivity contribution < 1.29 is 37.8 Å². The minimum atomic E-state index is -4.29. The molecule has 0 radical (unpaired) electrons. The van der Waals surface area contributed by atoms with Gasteiger partial charge in [-0.3, -0.25) is 12.5 Å². The predicted octanol–water partition coefficient (Wildman–Crippen LogP) is 5.13. The molecule has 0 atom stereocenters. The smallest absolute Gasteiger partial charge is 0.270 e. The Labute approximate surface area is 230 Å². The van der Waals surface area contributed by atoms with Crippen LogP contribution in [0.5, 0.6) is 0 Å². The summed E-state index contributed by atoms with van der Waals surface area (Å²) in [5.41, 5.74) is 1.00. The molecule has 4 aromatic carbocycles. The number of nitrogens with zero attached hydrogens (tertiary/aromatic N) is 4. The van der Waals surface area contributed by atoms with Gasteiger partial charge in [-0.05, 0) is 53.9 Å². The Bertz CT molecular complexity index is 2020. The molecule has 0 saturated carbocycles. The van der Waals surface area contributed by atoms with E-state index < -0.39 is 35.2 Å². The van der Waals surface area contributed by atoms with Crippen LogP contribution in [-0.2, 0) is 42.9 Å². The minimum absolute atomic E-state index is 0.103. The molecule has 0 aliphatic carbocycles. The van der Waals surface area contributed by atoms with E-state index in [0.29, 0.717) is 16.5 Å². The van der Waals surface area contributed by atoms with E-state index in [2.05, 4.69) is 33.0 Å². The molecule has 40 heavy (non-hydrogen) atoms. The monoisotopic (exact) mass is 606 g/mol. The number of hydrogen-bond donors (Lipinski definition) is 0. The molecule has 210 valence electrons. The van der Waals surface area contributed by atoms with Gasteiger partial charge < -0.3 is 0 Å². The van der Waals surface area contributed by atoms with Crippen molar-refractivity contribution in [3.63, 3.8) is 0 Å². The van der Waals surface area contributed by atoms with Gasteiger partial charge in [0.25, 0.3) is 30.4 Å². The van der Waals surface area contributed by atoms with E-state index in [1.165, 1.54) is 43.4 Å². The lowest BCUT2D eigenvalue weighted by Gasteiger charge is -2.10. The van der Waals surface area contributed by atoms with Crippen LogP contribution in [0.25, 0.3) is 21.5 Å². The largest absolute Gasteiger partial charge is 0.297 e. The van der Waals surface area contributed by atoms with Crippen molar-refractivity contribution in [3.05, 3.63) is 60.7 Å². The molecule has 13 nitrogen and oxygen atoms in total. The molecule has 0 unspecified atom stereocenters. The summed E-state index contributed by atoms with van der Waals surface area (Å²) in [7, 11) is -8.08. The molecule has 0 aliphatic heterocycles. The highest BCUT2D eigenvalue weighted by Gasteiger charge is 2.23. The second kappa shape index (κ2) is 11.1. The van der Waals surface area contributed by atoms with E-state index in [1.807, 2.05) is 0 Å². The van der Waals surface area contributed by atoms with Gasteiger partial charge in [0, 0.05) is 23.2 Å². The Balaban J connectivity index is 1.90. The number of hydrogen-bond acceptors (Lipinski definition) is 13. The van der Waals surface area contributed by atoms with E-state index >= 15 is 0 Å². The van der Waals surface area contributed by atoms with Crippen LogP contribution >= 0.6 is 0 Å². The molecule has 0 saturated heterocycles. The standard InChI is InChI=1S/C24H22N4O9S3/c1-25-27-22-9-10-23(21-13-17(6-8-20(21)22)38(29,30)35-2)28-26-16-5-7-19-15(11-16)12-18(39(31,32)36-3)14-24(19)40(33,34)37-4/h5-14H,1-4H3. The number of azo groups is 2. The topological polar surface area (TPSA) is 180 Å². The summed E-state index contributed by atoms with van der Waals surface area (Å²) in [6.45, 7) is 0. The average Bonchev–Trinajstić information content (AvgIpc) is 2.95. The maximum atomic E-state index is 12.5. The molecule has 0 bridgehead atoms. The first-order chi connectivity index (χ1) is 18.9. The molecule has 4 rings (SSSR count). The highest BCUT2D eigenvalue weighted by molar-refractivity contribution is 7.87. The highest BCUT2D eigenvalue weighted by Crippen LogP contribution is 2.37. The lowest BCUT2D eigenvalue weighted by Crippen LogP contribution is -2.08. The SMILES string of the molecule is CN=Nc1ccc(N=Nc2ccc3c(S(=O)(=O)OC)cc(S(=O)(=O)OC)cc3c2)c2cc(S(=O)(=O)OC)ccc12. The Kier molecular flexibility index (Phi) is 8.11. The molecule has 0 heterocycles. The molecular formula is C24H22N4O9S3. The quantitative estimate of drug-likeness (QED) is 0.184. The number of fused-ring (bicyclic) bond motifs is 2. The van der Waals surface area contributed by atoms with Gasteiger partial charge in [-0.15, -0.1) is 5.11 Å². The Morgan fingerprint density at radius 2 is 1.15 bits per heavy atom. The summed E-state index contributed by atoms with van der Waals surface area (Å²) >= 11 is 0. The van der Waals surface area contributed by atoms with Crippen molar-refractivity contribution in [2.45, 2.75) is 14.7 Å². The summed E-state index contributed by atoms with van der Waals surface area (Å²) in [6.07, 6.45) is 0. The zero-order chi connectivity index (χ0) is 29.3. The van der Waals surface area contributed by atoms with Gasteiger partial charge >= 0.3 is 0 Å². The molecule has 0 aromatic heterocycles. The van der Waals surface area contributed by atoms with Crippen LogP contribution in [0.15, 0.2) is 95.8 Å². The van der Waals surface area contributed by atoms with Gasteiger partial charge in [-0.25, -0.2) is 0 Å². The molecule has 16 heteroatoms. The van der Waals surface area contributed by atoms with Crippen LogP contribution < -0.4 is 0 Å². The van der Waals surface area contributed by atoms with E-state index in [-0.39, 0.29) is 31.9 Å².